The molecule has 2 atom stereocenters. The standard InChI is InChI=1S/C19H25F3N4O2.ClH/c1-12-14(6-7-16(25-12)19(20,21)22)18(28)26-9-3-4-13(11-26)10-24-17(27)15-5-2-8-23-15;/h6-7,13,15,23H,2-5,8-11H2,1H3,(H,24,27);1H. The maximum Gasteiger partial charge on any atom is 0.433 e. The highest BCUT2D eigenvalue weighted by molar-refractivity contribution is 5.95. The Morgan fingerprint density at radius 3 is 2.66 bits per heavy atom. The molecule has 162 valence electrons. The zero-order valence-electron chi connectivity index (χ0n) is 16.2. The highest BCUT2D eigenvalue weighted by atomic mass is 35.5. The number of piperidine rings is 1. The maximum absolute atomic E-state index is 12.8. The molecule has 10 heteroatoms. The zero-order valence-corrected chi connectivity index (χ0v) is 17.0. The lowest BCUT2D eigenvalue weighted by molar-refractivity contribution is -0.141. The van der Waals surface area contributed by atoms with Crippen LogP contribution in [0.15, 0.2) is 12.1 Å². The van der Waals surface area contributed by atoms with Gasteiger partial charge in [-0.2, -0.15) is 13.2 Å². The number of hydrogen-bond donors (Lipinski definition) is 2. The molecule has 0 aliphatic carbocycles. The van der Waals surface area contributed by atoms with Gasteiger partial charge in [0.15, 0.2) is 0 Å². The largest absolute Gasteiger partial charge is 0.433 e. The van der Waals surface area contributed by atoms with Crippen LogP contribution < -0.4 is 10.6 Å². The van der Waals surface area contributed by atoms with Crippen LogP contribution in [0.1, 0.15) is 47.4 Å². The minimum absolute atomic E-state index is 0. The Morgan fingerprint density at radius 1 is 1.28 bits per heavy atom. The normalized spacial score (nSPS) is 22.1. The number of rotatable bonds is 4. The molecule has 2 saturated heterocycles. The molecular formula is C19H26ClF3N4O2. The lowest BCUT2D eigenvalue weighted by atomic mass is 9.97. The predicted molar refractivity (Wildman–Crippen MR) is 104 cm³/mol. The first-order chi connectivity index (χ1) is 13.3. The number of nitrogens with one attached hydrogen (secondary N) is 2. The Labute approximate surface area is 174 Å². The second-order valence-corrected chi connectivity index (χ2v) is 7.48. The second kappa shape index (κ2) is 9.75. The number of halogens is 4. The quantitative estimate of drug-likeness (QED) is 0.763. The van der Waals surface area contributed by atoms with Crippen molar-refractivity contribution in [3.8, 4) is 0 Å². The van der Waals surface area contributed by atoms with E-state index >= 15 is 0 Å². The summed E-state index contributed by atoms with van der Waals surface area (Å²) in [6, 6.07) is 1.91. The molecule has 2 amide bonds. The molecule has 29 heavy (non-hydrogen) atoms. The van der Waals surface area contributed by atoms with Crippen molar-refractivity contribution in [3.05, 3.63) is 29.1 Å². The van der Waals surface area contributed by atoms with E-state index < -0.39 is 11.9 Å². The highest BCUT2D eigenvalue weighted by Gasteiger charge is 2.34. The molecule has 2 unspecified atom stereocenters. The van der Waals surface area contributed by atoms with Crippen LogP contribution in [0.4, 0.5) is 13.2 Å². The summed E-state index contributed by atoms with van der Waals surface area (Å²) in [5.41, 5.74) is -0.739. The smallest absolute Gasteiger partial charge is 0.354 e. The number of carbonyl (C=O) groups excluding carboxylic acids is 2. The molecular weight excluding hydrogens is 409 g/mol. The summed E-state index contributed by atoms with van der Waals surface area (Å²) in [6.45, 7) is 3.78. The monoisotopic (exact) mass is 434 g/mol. The molecule has 2 fully saturated rings. The molecule has 1 aromatic heterocycles. The molecule has 2 aliphatic heterocycles. The summed E-state index contributed by atoms with van der Waals surface area (Å²) in [7, 11) is 0. The number of nitrogens with zero attached hydrogens (tertiary/aromatic N) is 2. The van der Waals surface area contributed by atoms with Gasteiger partial charge in [0, 0.05) is 19.6 Å². The fourth-order valence-corrected chi connectivity index (χ4v) is 3.81. The van der Waals surface area contributed by atoms with E-state index in [2.05, 4.69) is 15.6 Å². The average Bonchev–Trinajstić information content (AvgIpc) is 3.20. The van der Waals surface area contributed by atoms with Crippen molar-refractivity contribution in [1.29, 1.82) is 0 Å². The lowest BCUT2D eigenvalue weighted by Crippen LogP contribution is -2.46. The Hall–Kier alpha value is -1.87. The van der Waals surface area contributed by atoms with Crippen molar-refractivity contribution in [2.75, 3.05) is 26.2 Å². The molecule has 0 saturated carbocycles. The van der Waals surface area contributed by atoms with Gasteiger partial charge in [-0.15, -0.1) is 12.4 Å². The third-order valence-corrected chi connectivity index (χ3v) is 5.35. The van der Waals surface area contributed by atoms with Gasteiger partial charge in [-0.05, 0) is 57.2 Å². The minimum atomic E-state index is -4.53. The van der Waals surface area contributed by atoms with Crippen LogP contribution in [0, 0.1) is 12.8 Å². The first-order valence-corrected chi connectivity index (χ1v) is 9.61. The maximum atomic E-state index is 12.8. The molecule has 0 aromatic carbocycles. The van der Waals surface area contributed by atoms with E-state index in [9.17, 15) is 22.8 Å². The summed E-state index contributed by atoms with van der Waals surface area (Å²) in [5.74, 6) is -0.193. The van der Waals surface area contributed by atoms with Gasteiger partial charge in [0.05, 0.1) is 17.3 Å². The lowest BCUT2D eigenvalue weighted by Gasteiger charge is -2.33. The first-order valence-electron chi connectivity index (χ1n) is 9.61. The summed E-state index contributed by atoms with van der Waals surface area (Å²) < 4.78 is 38.3. The van der Waals surface area contributed by atoms with Gasteiger partial charge in [0.2, 0.25) is 5.91 Å². The van der Waals surface area contributed by atoms with Crippen LogP contribution in [-0.2, 0) is 11.0 Å². The fourth-order valence-electron chi connectivity index (χ4n) is 3.81. The SMILES string of the molecule is Cc1nc(C(F)(F)F)ccc1C(=O)N1CCCC(CNC(=O)C2CCCN2)C1.Cl. The number of amides is 2. The Morgan fingerprint density at radius 2 is 2.03 bits per heavy atom. The van der Waals surface area contributed by atoms with Crippen LogP contribution >= 0.6 is 12.4 Å². The molecule has 3 heterocycles. The Balaban J connectivity index is 0.00000300. The fraction of sp³-hybridized carbons (Fsp3) is 0.632. The molecule has 1 aromatic rings. The summed E-state index contributed by atoms with van der Waals surface area (Å²) in [4.78, 5) is 30.1. The van der Waals surface area contributed by atoms with Crippen molar-refractivity contribution in [2.24, 2.45) is 5.92 Å². The van der Waals surface area contributed by atoms with Crippen molar-refractivity contribution < 1.29 is 22.8 Å². The number of aryl methyl sites for hydroxylation is 1. The van der Waals surface area contributed by atoms with Crippen molar-refractivity contribution in [1.82, 2.24) is 20.5 Å². The van der Waals surface area contributed by atoms with Crippen LogP contribution in [-0.4, -0.2) is 53.9 Å². The molecule has 2 N–H and O–H groups in total. The topological polar surface area (TPSA) is 74.3 Å². The van der Waals surface area contributed by atoms with Crippen LogP contribution in [0.2, 0.25) is 0 Å². The average molecular weight is 435 g/mol. The number of aromatic nitrogens is 1. The van der Waals surface area contributed by atoms with Gasteiger partial charge in [-0.25, -0.2) is 4.98 Å². The van der Waals surface area contributed by atoms with Gasteiger partial charge in [0.1, 0.15) is 5.69 Å². The second-order valence-electron chi connectivity index (χ2n) is 7.48. The molecule has 0 spiro atoms. The van der Waals surface area contributed by atoms with E-state index in [4.69, 9.17) is 0 Å². The highest BCUT2D eigenvalue weighted by Crippen LogP contribution is 2.28. The summed E-state index contributed by atoms with van der Waals surface area (Å²) in [6.07, 6.45) is -1.02. The van der Waals surface area contributed by atoms with Gasteiger partial charge in [-0.3, -0.25) is 9.59 Å². The summed E-state index contributed by atoms with van der Waals surface area (Å²) >= 11 is 0. The van der Waals surface area contributed by atoms with Gasteiger partial charge in [0.25, 0.3) is 5.91 Å². The predicted octanol–water partition coefficient (Wildman–Crippen LogP) is 2.55. The van der Waals surface area contributed by atoms with E-state index in [1.165, 1.54) is 13.0 Å². The molecule has 3 rings (SSSR count). The van der Waals surface area contributed by atoms with Crippen LogP contribution in [0.25, 0.3) is 0 Å². The summed E-state index contributed by atoms with van der Waals surface area (Å²) in [5, 5.41) is 6.10. The number of hydrogen-bond acceptors (Lipinski definition) is 4. The van der Waals surface area contributed by atoms with E-state index in [1.54, 1.807) is 4.90 Å². The minimum Gasteiger partial charge on any atom is -0.354 e. The van der Waals surface area contributed by atoms with Gasteiger partial charge in [-0.1, -0.05) is 0 Å². The third kappa shape index (κ3) is 5.82. The van der Waals surface area contributed by atoms with Gasteiger partial charge >= 0.3 is 6.18 Å². The molecule has 6 nitrogen and oxygen atoms in total. The Kier molecular flexibility index (Phi) is 7.87. The van der Waals surface area contributed by atoms with E-state index in [0.29, 0.717) is 19.6 Å². The molecule has 0 radical (unpaired) electrons. The number of pyridine rings is 1. The van der Waals surface area contributed by atoms with E-state index in [-0.39, 0.29) is 47.4 Å². The zero-order chi connectivity index (χ0) is 20.3. The third-order valence-electron chi connectivity index (χ3n) is 5.35. The van der Waals surface area contributed by atoms with E-state index in [1.807, 2.05) is 0 Å². The first kappa shape index (κ1) is 23.4. The molecule has 2 aliphatic rings. The number of carbonyl (C=O) groups is 2. The van der Waals surface area contributed by atoms with E-state index in [0.717, 1.165) is 38.3 Å². The molecule has 0 bridgehead atoms. The Bertz CT molecular complexity index is 739. The van der Waals surface area contributed by atoms with Crippen LogP contribution in [0.5, 0.6) is 0 Å². The number of likely N-dealkylation sites (tertiary alicyclic amines) is 1. The van der Waals surface area contributed by atoms with Crippen LogP contribution in [0.3, 0.4) is 0 Å². The van der Waals surface area contributed by atoms with Crippen molar-refractivity contribution in [3.63, 3.8) is 0 Å². The van der Waals surface area contributed by atoms with Crippen molar-refractivity contribution >= 4 is 24.2 Å². The van der Waals surface area contributed by atoms with Crippen molar-refractivity contribution in [2.45, 2.75) is 44.8 Å². The number of alkyl halides is 3. The van der Waals surface area contributed by atoms with Gasteiger partial charge < -0.3 is 15.5 Å².